The molecule has 2 N–H and O–H groups in total. The molecule has 1 aromatic carbocycles. The Hall–Kier alpha value is -2.08. The van der Waals surface area contributed by atoms with Crippen molar-refractivity contribution < 1.29 is 14.0 Å². The number of aromatic nitrogens is 2. The number of hydrogen-bond donors (Lipinski definition) is 1. The van der Waals surface area contributed by atoms with Crippen LogP contribution in [0.1, 0.15) is 18.7 Å². The molecule has 0 radical (unpaired) electrons. The van der Waals surface area contributed by atoms with E-state index in [1.807, 2.05) is 19.1 Å². The van der Waals surface area contributed by atoms with Crippen LogP contribution in [-0.4, -0.2) is 30.9 Å². The molecule has 6 heteroatoms. The summed E-state index contributed by atoms with van der Waals surface area (Å²) in [5.41, 5.74) is 6.33. The monoisotopic (exact) mass is 263 g/mol. The van der Waals surface area contributed by atoms with Crippen molar-refractivity contribution in [3.05, 3.63) is 24.0 Å². The number of methoxy groups -OCH3 is 2. The summed E-state index contributed by atoms with van der Waals surface area (Å²) in [6.45, 7) is 2.42. The Bertz CT molecular complexity index is 532. The fourth-order valence-corrected chi connectivity index (χ4v) is 1.59. The van der Waals surface area contributed by atoms with E-state index in [1.54, 1.807) is 20.3 Å². The Labute approximate surface area is 111 Å². The van der Waals surface area contributed by atoms with Gasteiger partial charge < -0.3 is 19.7 Å². The molecule has 19 heavy (non-hydrogen) atoms. The van der Waals surface area contributed by atoms with Gasteiger partial charge in [0.25, 0.3) is 5.89 Å². The lowest BCUT2D eigenvalue weighted by Crippen LogP contribution is -2.10. The van der Waals surface area contributed by atoms with E-state index in [-0.39, 0.29) is 5.92 Å². The summed E-state index contributed by atoms with van der Waals surface area (Å²) >= 11 is 0. The van der Waals surface area contributed by atoms with Crippen molar-refractivity contribution in [1.82, 2.24) is 10.1 Å². The summed E-state index contributed by atoms with van der Waals surface area (Å²) in [5, 5.41) is 3.93. The quantitative estimate of drug-likeness (QED) is 0.885. The molecule has 0 saturated heterocycles. The minimum atomic E-state index is 0.0602. The maximum Gasteiger partial charge on any atom is 0.258 e. The molecule has 1 unspecified atom stereocenters. The first-order valence-electron chi connectivity index (χ1n) is 5.95. The van der Waals surface area contributed by atoms with Crippen molar-refractivity contribution in [2.45, 2.75) is 12.8 Å². The zero-order chi connectivity index (χ0) is 13.8. The van der Waals surface area contributed by atoms with Gasteiger partial charge in [0.05, 0.1) is 14.2 Å². The SMILES string of the molecule is COc1cc(OC)cc(-c2nc(C(C)CN)no2)c1. The standard InChI is InChI=1S/C13H17N3O3/c1-8(7-14)12-15-13(19-16-12)9-4-10(17-2)6-11(5-9)18-3/h4-6,8H,7,14H2,1-3H3. The average Bonchev–Trinajstić information content (AvgIpc) is 2.95. The Morgan fingerprint density at radius 1 is 1.21 bits per heavy atom. The van der Waals surface area contributed by atoms with Crippen LogP contribution in [0.25, 0.3) is 11.5 Å². The molecule has 1 atom stereocenters. The zero-order valence-corrected chi connectivity index (χ0v) is 11.2. The van der Waals surface area contributed by atoms with Crippen LogP contribution in [0.2, 0.25) is 0 Å². The largest absolute Gasteiger partial charge is 0.497 e. The highest BCUT2D eigenvalue weighted by Gasteiger charge is 2.15. The number of nitrogens with zero attached hydrogens (tertiary/aromatic N) is 2. The van der Waals surface area contributed by atoms with E-state index >= 15 is 0 Å². The van der Waals surface area contributed by atoms with Crippen molar-refractivity contribution in [1.29, 1.82) is 0 Å². The van der Waals surface area contributed by atoms with Crippen molar-refractivity contribution in [3.63, 3.8) is 0 Å². The first-order chi connectivity index (χ1) is 9.17. The number of rotatable bonds is 5. The summed E-state index contributed by atoms with van der Waals surface area (Å²) in [6, 6.07) is 5.41. The lowest BCUT2D eigenvalue weighted by Gasteiger charge is -2.05. The van der Waals surface area contributed by atoms with Gasteiger partial charge in [-0.2, -0.15) is 4.98 Å². The molecule has 0 spiro atoms. The van der Waals surface area contributed by atoms with Crippen molar-refractivity contribution in [3.8, 4) is 23.0 Å². The van der Waals surface area contributed by atoms with Crippen LogP contribution in [0.4, 0.5) is 0 Å². The van der Waals surface area contributed by atoms with Crippen LogP contribution in [0.3, 0.4) is 0 Å². The second-order valence-electron chi connectivity index (χ2n) is 4.20. The molecule has 0 fully saturated rings. The van der Waals surface area contributed by atoms with Gasteiger partial charge in [0.15, 0.2) is 5.82 Å². The van der Waals surface area contributed by atoms with E-state index in [9.17, 15) is 0 Å². The summed E-state index contributed by atoms with van der Waals surface area (Å²) in [7, 11) is 3.18. The number of nitrogens with two attached hydrogens (primary N) is 1. The van der Waals surface area contributed by atoms with Gasteiger partial charge in [-0.1, -0.05) is 12.1 Å². The third kappa shape index (κ3) is 2.85. The van der Waals surface area contributed by atoms with Gasteiger partial charge in [-0.3, -0.25) is 0 Å². The van der Waals surface area contributed by atoms with Gasteiger partial charge in [0.1, 0.15) is 11.5 Å². The summed E-state index contributed by atoms with van der Waals surface area (Å²) in [6.07, 6.45) is 0. The van der Waals surface area contributed by atoms with E-state index in [2.05, 4.69) is 10.1 Å². The van der Waals surface area contributed by atoms with Gasteiger partial charge in [0, 0.05) is 24.1 Å². The molecule has 6 nitrogen and oxygen atoms in total. The van der Waals surface area contributed by atoms with Crippen LogP contribution in [0, 0.1) is 0 Å². The smallest absolute Gasteiger partial charge is 0.258 e. The molecule has 1 heterocycles. The molecule has 0 aliphatic heterocycles. The number of ether oxygens (including phenoxy) is 2. The Morgan fingerprint density at radius 2 is 1.84 bits per heavy atom. The van der Waals surface area contributed by atoms with Gasteiger partial charge in [-0.25, -0.2) is 0 Å². The molecular weight excluding hydrogens is 246 g/mol. The molecule has 0 bridgehead atoms. The number of benzene rings is 1. The van der Waals surface area contributed by atoms with Crippen molar-refractivity contribution in [2.24, 2.45) is 5.73 Å². The maximum absolute atomic E-state index is 5.58. The molecule has 2 rings (SSSR count). The first-order valence-corrected chi connectivity index (χ1v) is 5.95. The molecule has 1 aromatic heterocycles. The topological polar surface area (TPSA) is 83.4 Å². The molecule has 102 valence electrons. The van der Waals surface area contributed by atoms with E-state index < -0.39 is 0 Å². The minimum absolute atomic E-state index is 0.0602. The Balaban J connectivity index is 2.37. The maximum atomic E-state index is 5.58. The lowest BCUT2D eigenvalue weighted by atomic mass is 10.1. The van der Waals surface area contributed by atoms with E-state index in [0.717, 1.165) is 5.56 Å². The molecule has 0 saturated carbocycles. The normalized spacial score (nSPS) is 12.2. The van der Waals surface area contributed by atoms with E-state index in [0.29, 0.717) is 29.8 Å². The van der Waals surface area contributed by atoms with Gasteiger partial charge in [0.2, 0.25) is 0 Å². The molecule has 0 aliphatic rings. The van der Waals surface area contributed by atoms with E-state index in [1.165, 1.54) is 0 Å². The van der Waals surface area contributed by atoms with Crippen LogP contribution in [0.15, 0.2) is 22.7 Å². The van der Waals surface area contributed by atoms with Crippen molar-refractivity contribution in [2.75, 3.05) is 20.8 Å². The highest BCUT2D eigenvalue weighted by Crippen LogP contribution is 2.29. The third-order valence-corrected chi connectivity index (χ3v) is 2.83. The first kappa shape index (κ1) is 13.4. The summed E-state index contributed by atoms with van der Waals surface area (Å²) in [4.78, 5) is 4.33. The second-order valence-corrected chi connectivity index (χ2v) is 4.20. The highest BCUT2D eigenvalue weighted by atomic mass is 16.5. The fourth-order valence-electron chi connectivity index (χ4n) is 1.59. The zero-order valence-electron chi connectivity index (χ0n) is 11.2. The van der Waals surface area contributed by atoms with Crippen LogP contribution < -0.4 is 15.2 Å². The third-order valence-electron chi connectivity index (χ3n) is 2.83. The molecule has 2 aromatic rings. The van der Waals surface area contributed by atoms with Crippen LogP contribution in [0.5, 0.6) is 11.5 Å². The minimum Gasteiger partial charge on any atom is -0.497 e. The molecule has 0 amide bonds. The average molecular weight is 263 g/mol. The predicted molar refractivity (Wildman–Crippen MR) is 70.3 cm³/mol. The van der Waals surface area contributed by atoms with Crippen LogP contribution in [-0.2, 0) is 0 Å². The van der Waals surface area contributed by atoms with Gasteiger partial charge >= 0.3 is 0 Å². The summed E-state index contributed by atoms with van der Waals surface area (Å²) in [5.74, 6) is 2.42. The Morgan fingerprint density at radius 3 is 2.37 bits per heavy atom. The highest BCUT2D eigenvalue weighted by molar-refractivity contribution is 5.59. The van der Waals surface area contributed by atoms with Gasteiger partial charge in [-0.05, 0) is 12.1 Å². The van der Waals surface area contributed by atoms with E-state index in [4.69, 9.17) is 19.7 Å². The second kappa shape index (κ2) is 5.71. The number of hydrogen-bond acceptors (Lipinski definition) is 6. The fraction of sp³-hybridized carbons (Fsp3) is 0.385. The lowest BCUT2D eigenvalue weighted by molar-refractivity contribution is 0.392. The summed E-state index contributed by atoms with van der Waals surface area (Å²) < 4.78 is 15.7. The predicted octanol–water partition coefficient (Wildman–Crippen LogP) is 1.82. The van der Waals surface area contributed by atoms with Gasteiger partial charge in [-0.15, -0.1) is 0 Å². The Kier molecular flexibility index (Phi) is 4.01. The van der Waals surface area contributed by atoms with Crippen molar-refractivity contribution >= 4 is 0 Å². The molecule has 0 aliphatic carbocycles. The van der Waals surface area contributed by atoms with Crippen LogP contribution >= 0.6 is 0 Å². The molecular formula is C13H17N3O3.